The van der Waals surface area contributed by atoms with E-state index in [4.69, 9.17) is 4.74 Å². The zero-order valence-corrected chi connectivity index (χ0v) is 7.21. The molecule has 1 heterocycles. The number of rotatable bonds is 2. The van der Waals surface area contributed by atoms with Crippen molar-refractivity contribution in [2.45, 2.75) is 38.5 Å². The number of hydrogen-bond donors (Lipinski definition) is 2. The van der Waals surface area contributed by atoms with E-state index in [1.165, 1.54) is 0 Å². The van der Waals surface area contributed by atoms with Crippen LogP contribution >= 0.6 is 0 Å². The van der Waals surface area contributed by atoms with Gasteiger partial charge in [0.2, 0.25) is 0 Å². The van der Waals surface area contributed by atoms with Crippen LogP contribution in [0.4, 0.5) is 0 Å². The number of hydrogen-bond acceptors (Lipinski definition) is 3. The van der Waals surface area contributed by atoms with Gasteiger partial charge in [-0.15, -0.1) is 0 Å². The third kappa shape index (κ3) is 2.77. The first kappa shape index (κ1) is 8.97. The maximum Gasteiger partial charge on any atom is 0.0927 e. The van der Waals surface area contributed by atoms with E-state index < -0.39 is 0 Å². The first-order chi connectivity index (χ1) is 5.20. The molecule has 66 valence electrons. The van der Waals surface area contributed by atoms with E-state index >= 15 is 0 Å². The first-order valence-corrected chi connectivity index (χ1v) is 4.22. The van der Waals surface area contributed by atoms with E-state index in [1.54, 1.807) is 0 Å². The molecule has 3 nitrogen and oxygen atoms in total. The minimum absolute atomic E-state index is 0.226. The van der Waals surface area contributed by atoms with Crippen molar-refractivity contribution in [3.8, 4) is 0 Å². The maximum atomic E-state index is 9.43. The molecule has 0 aliphatic carbocycles. The lowest BCUT2D eigenvalue weighted by molar-refractivity contribution is -0.0294. The predicted octanol–water partition coefficient (Wildman–Crippen LogP) is 0.134. The molecule has 0 unspecified atom stereocenters. The fourth-order valence-corrected chi connectivity index (χ4v) is 1.35. The van der Waals surface area contributed by atoms with Gasteiger partial charge in [0.25, 0.3) is 0 Å². The van der Waals surface area contributed by atoms with Crippen LogP contribution in [0, 0.1) is 0 Å². The summed E-state index contributed by atoms with van der Waals surface area (Å²) in [5.41, 5.74) is 0. The Morgan fingerprint density at radius 1 is 1.55 bits per heavy atom. The van der Waals surface area contributed by atoms with Crippen LogP contribution in [0.25, 0.3) is 0 Å². The normalized spacial score (nSPS) is 32.7. The SMILES string of the molecule is CC(C)N[C@@H]1CCOC[C@@H]1O. The molecule has 0 bridgehead atoms. The minimum atomic E-state index is -0.328. The Bertz CT molecular complexity index is 117. The van der Waals surface area contributed by atoms with Crippen molar-refractivity contribution in [1.29, 1.82) is 0 Å². The molecule has 0 aromatic rings. The molecule has 2 N–H and O–H groups in total. The predicted molar refractivity (Wildman–Crippen MR) is 43.5 cm³/mol. The molecule has 0 saturated carbocycles. The van der Waals surface area contributed by atoms with Gasteiger partial charge in [-0.25, -0.2) is 0 Å². The number of nitrogens with one attached hydrogen (secondary N) is 1. The summed E-state index contributed by atoms with van der Waals surface area (Å²) in [7, 11) is 0. The van der Waals surface area contributed by atoms with Gasteiger partial charge in [0.05, 0.1) is 12.7 Å². The summed E-state index contributed by atoms with van der Waals surface area (Å²) in [6.07, 6.45) is 0.588. The lowest BCUT2D eigenvalue weighted by Crippen LogP contribution is -2.48. The van der Waals surface area contributed by atoms with Gasteiger partial charge in [0.15, 0.2) is 0 Å². The highest BCUT2D eigenvalue weighted by Gasteiger charge is 2.23. The van der Waals surface area contributed by atoms with Crippen LogP contribution in [0.2, 0.25) is 0 Å². The molecular weight excluding hydrogens is 142 g/mol. The van der Waals surface area contributed by atoms with Gasteiger partial charge in [0, 0.05) is 18.7 Å². The molecule has 1 fully saturated rings. The average molecular weight is 159 g/mol. The Balaban J connectivity index is 2.29. The maximum absolute atomic E-state index is 9.43. The fraction of sp³-hybridized carbons (Fsp3) is 1.00. The van der Waals surface area contributed by atoms with Gasteiger partial charge in [-0.1, -0.05) is 13.8 Å². The van der Waals surface area contributed by atoms with Crippen LogP contribution in [0.3, 0.4) is 0 Å². The topological polar surface area (TPSA) is 41.5 Å². The van der Waals surface area contributed by atoms with Crippen LogP contribution in [-0.4, -0.2) is 36.5 Å². The van der Waals surface area contributed by atoms with Crippen molar-refractivity contribution in [2.24, 2.45) is 0 Å². The highest BCUT2D eigenvalue weighted by molar-refractivity contribution is 4.79. The van der Waals surface area contributed by atoms with Crippen LogP contribution in [0.1, 0.15) is 20.3 Å². The Morgan fingerprint density at radius 2 is 2.27 bits per heavy atom. The number of ether oxygens (including phenoxy) is 1. The average Bonchev–Trinajstić information content (AvgIpc) is 1.93. The molecule has 1 aliphatic heterocycles. The van der Waals surface area contributed by atoms with Gasteiger partial charge in [-0.3, -0.25) is 0 Å². The summed E-state index contributed by atoms with van der Waals surface area (Å²) in [4.78, 5) is 0. The molecule has 11 heavy (non-hydrogen) atoms. The van der Waals surface area contributed by atoms with Crippen molar-refractivity contribution in [3.05, 3.63) is 0 Å². The largest absolute Gasteiger partial charge is 0.389 e. The second-order valence-corrected chi connectivity index (χ2v) is 3.36. The lowest BCUT2D eigenvalue weighted by Gasteiger charge is -2.30. The van der Waals surface area contributed by atoms with E-state index in [1.807, 2.05) is 0 Å². The van der Waals surface area contributed by atoms with Crippen molar-refractivity contribution in [1.82, 2.24) is 5.32 Å². The summed E-state index contributed by atoms with van der Waals surface area (Å²) in [5, 5.41) is 12.7. The van der Waals surface area contributed by atoms with E-state index in [0.717, 1.165) is 13.0 Å². The molecule has 0 spiro atoms. The molecule has 2 atom stereocenters. The van der Waals surface area contributed by atoms with E-state index in [9.17, 15) is 5.11 Å². The van der Waals surface area contributed by atoms with E-state index in [0.29, 0.717) is 12.6 Å². The fourth-order valence-electron chi connectivity index (χ4n) is 1.35. The highest BCUT2D eigenvalue weighted by atomic mass is 16.5. The van der Waals surface area contributed by atoms with Crippen LogP contribution in [0.15, 0.2) is 0 Å². The third-order valence-corrected chi connectivity index (χ3v) is 1.87. The highest BCUT2D eigenvalue weighted by Crippen LogP contribution is 2.07. The van der Waals surface area contributed by atoms with E-state index in [-0.39, 0.29) is 12.1 Å². The van der Waals surface area contributed by atoms with Gasteiger partial charge >= 0.3 is 0 Å². The summed E-state index contributed by atoms with van der Waals surface area (Å²) < 4.78 is 5.10. The number of aliphatic hydroxyl groups excluding tert-OH is 1. The standard InChI is InChI=1S/C8H17NO2/c1-6(2)9-7-3-4-11-5-8(7)10/h6-10H,3-5H2,1-2H3/t7-,8+/m1/s1. The molecule has 0 amide bonds. The van der Waals surface area contributed by atoms with E-state index in [2.05, 4.69) is 19.2 Å². The van der Waals surface area contributed by atoms with Gasteiger partial charge in [-0.2, -0.15) is 0 Å². The molecule has 0 aromatic carbocycles. The zero-order chi connectivity index (χ0) is 8.27. The van der Waals surface area contributed by atoms with Gasteiger partial charge in [0.1, 0.15) is 0 Å². The monoisotopic (exact) mass is 159 g/mol. The van der Waals surface area contributed by atoms with Crippen LogP contribution < -0.4 is 5.32 Å². The third-order valence-electron chi connectivity index (χ3n) is 1.87. The van der Waals surface area contributed by atoms with Crippen molar-refractivity contribution >= 4 is 0 Å². The first-order valence-electron chi connectivity index (χ1n) is 4.22. The van der Waals surface area contributed by atoms with Gasteiger partial charge in [-0.05, 0) is 6.42 Å². The summed E-state index contributed by atoms with van der Waals surface area (Å²) in [6.45, 7) is 5.41. The molecular formula is C8H17NO2. The van der Waals surface area contributed by atoms with Crippen LogP contribution in [0.5, 0.6) is 0 Å². The molecule has 1 rings (SSSR count). The summed E-state index contributed by atoms with van der Waals surface area (Å²) >= 11 is 0. The van der Waals surface area contributed by atoms with Crippen LogP contribution in [-0.2, 0) is 4.74 Å². The van der Waals surface area contributed by atoms with Crippen molar-refractivity contribution in [2.75, 3.05) is 13.2 Å². The number of aliphatic hydroxyl groups is 1. The van der Waals surface area contributed by atoms with Gasteiger partial charge < -0.3 is 15.2 Å². The second-order valence-electron chi connectivity index (χ2n) is 3.36. The Hall–Kier alpha value is -0.120. The van der Waals surface area contributed by atoms with Crippen molar-refractivity contribution < 1.29 is 9.84 Å². The smallest absolute Gasteiger partial charge is 0.0927 e. The quantitative estimate of drug-likeness (QED) is 0.602. The second kappa shape index (κ2) is 4.04. The Morgan fingerprint density at radius 3 is 2.82 bits per heavy atom. The molecule has 0 radical (unpaired) electrons. The molecule has 3 heteroatoms. The molecule has 1 aliphatic rings. The Labute approximate surface area is 67.7 Å². The Kier molecular flexibility index (Phi) is 3.30. The molecule has 1 saturated heterocycles. The summed E-state index contributed by atoms with van der Waals surface area (Å²) in [6, 6.07) is 0.663. The molecule has 0 aromatic heterocycles. The zero-order valence-electron chi connectivity index (χ0n) is 7.21. The summed E-state index contributed by atoms with van der Waals surface area (Å²) in [5.74, 6) is 0. The van der Waals surface area contributed by atoms with Crippen molar-refractivity contribution in [3.63, 3.8) is 0 Å². The lowest BCUT2D eigenvalue weighted by atomic mass is 10.1. The minimum Gasteiger partial charge on any atom is -0.389 e.